The van der Waals surface area contributed by atoms with Gasteiger partial charge in [-0.05, 0) is 0 Å². The van der Waals surface area contributed by atoms with Crippen molar-refractivity contribution in [2.24, 2.45) is 0 Å². The van der Waals surface area contributed by atoms with E-state index in [0.717, 1.165) is 5.56 Å². The van der Waals surface area contributed by atoms with Gasteiger partial charge in [-0.25, -0.2) is 0 Å². The number of hydrogen-bond donors (Lipinski definition) is 0. The first kappa shape index (κ1) is 6.41. The summed E-state index contributed by atoms with van der Waals surface area (Å²) in [6.07, 6.45) is 3.43. The third kappa shape index (κ3) is 1.24. The standard InChI is InChI=1S/C9H7BO/c1-2-5-10-9(3-1)8-4-6-11-7-8/h1-7H. The average Bonchev–Trinajstić information content (AvgIpc) is 2.58. The molecule has 0 N–H and O–H groups in total. The molecule has 0 spiro atoms. The van der Waals surface area contributed by atoms with E-state index in [1.54, 1.807) is 12.5 Å². The van der Waals surface area contributed by atoms with E-state index in [0.29, 0.717) is 0 Å². The van der Waals surface area contributed by atoms with Crippen LogP contribution in [0.15, 0.2) is 47.2 Å². The van der Waals surface area contributed by atoms with Crippen molar-refractivity contribution in [2.45, 2.75) is 0 Å². The van der Waals surface area contributed by atoms with E-state index in [1.807, 2.05) is 24.2 Å². The SMILES string of the molecule is b1ccccc1-c1ccoc1. The van der Waals surface area contributed by atoms with Crippen molar-refractivity contribution < 1.29 is 4.42 Å². The first-order valence-electron chi connectivity index (χ1n) is 3.54. The van der Waals surface area contributed by atoms with Gasteiger partial charge in [0.05, 0.1) is 0 Å². The Morgan fingerprint density at radius 3 is 2.82 bits per heavy atom. The third-order valence-corrected chi connectivity index (χ3v) is 1.63. The van der Waals surface area contributed by atoms with Gasteiger partial charge in [0.25, 0.3) is 0 Å². The van der Waals surface area contributed by atoms with E-state index in [-0.39, 0.29) is 0 Å². The van der Waals surface area contributed by atoms with E-state index in [1.165, 1.54) is 5.46 Å². The van der Waals surface area contributed by atoms with Crippen LogP contribution in [0.4, 0.5) is 0 Å². The molecule has 1 nitrogen and oxygen atoms in total. The van der Waals surface area contributed by atoms with Gasteiger partial charge in [0, 0.05) is 0 Å². The zero-order valence-corrected chi connectivity index (χ0v) is 6.03. The van der Waals surface area contributed by atoms with Gasteiger partial charge in [-0.1, -0.05) is 0 Å². The minimum atomic E-state index is 1.13. The summed E-state index contributed by atoms with van der Waals surface area (Å²) >= 11 is 0. The molecule has 2 rings (SSSR count). The van der Waals surface area contributed by atoms with Gasteiger partial charge in [-0.15, -0.1) is 0 Å². The Morgan fingerprint density at radius 2 is 2.18 bits per heavy atom. The van der Waals surface area contributed by atoms with Crippen LogP contribution in [0.2, 0.25) is 0 Å². The molecule has 0 saturated heterocycles. The Labute approximate surface area is 65.9 Å². The molecule has 0 aromatic carbocycles. The van der Waals surface area contributed by atoms with Crippen molar-refractivity contribution in [3.63, 3.8) is 0 Å². The monoisotopic (exact) mass is 142 g/mol. The fourth-order valence-electron chi connectivity index (χ4n) is 1.06. The Bertz CT molecular complexity index is 313. The van der Waals surface area contributed by atoms with Crippen molar-refractivity contribution in [2.75, 3.05) is 0 Å². The Balaban J connectivity index is 2.46. The average molecular weight is 142 g/mol. The molecular formula is C9H7BO. The second kappa shape index (κ2) is 2.75. The summed E-state index contributed by atoms with van der Waals surface area (Å²) in [5, 5.41) is 0. The van der Waals surface area contributed by atoms with Crippen molar-refractivity contribution in [3.8, 4) is 11.0 Å². The van der Waals surface area contributed by atoms with E-state index in [2.05, 4.69) is 13.0 Å². The van der Waals surface area contributed by atoms with Crippen molar-refractivity contribution in [3.05, 3.63) is 42.8 Å². The molecule has 0 unspecified atom stereocenters. The normalized spacial score (nSPS) is 9.45. The predicted molar refractivity (Wildman–Crippen MR) is 45.5 cm³/mol. The van der Waals surface area contributed by atoms with E-state index in [9.17, 15) is 0 Å². The van der Waals surface area contributed by atoms with Gasteiger partial charge in [0.2, 0.25) is 0 Å². The summed E-state index contributed by atoms with van der Waals surface area (Å²) in [6, 6.07) is 8.03. The second-order valence-electron chi connectivity index (χ2n) is 2.38. The number of hydrogen-bond acceptors (Lipinski definition) is 1. The zero-order chi connectivity index (χ0) is 7.52. The minimum absolute atomic E-state index is 1.13. The maximum absolute atomic E-state index is 4.97. The molecular weight excluding hydrogens is 135 g/mol. The molecule has 2 aromatic heterocycles. The summed E-state index contributed by atoms with van der Waals surface area (Å²) in [4.78, 5) is 0. The van der Waals surface area contributed by atoms with Crippen LogP contribution < -0.4 is 0 Å². The molecule has 0 aliphatic heterocycles. The van der Waals surface area contributed by atoms with Crippen LogP contribution in [0.3, 0.4) is 0 Å². The van der Waals surface area contributed by atoms with Crippen molar-refractivity contribution in [1.82, 2.24) is 0 Å². The molecule has 0 amide bonds. The van der Waals surface area contributed by atoms with Crippen LogP contribution in [-0.2, 0) is 0 Å². The summed E-state index contributed by atoms with van der Waals surface area (Å²) in [5.74, 6) is 2.02. The Hall–Kier alpha value is -1.31. The maximum atomic E-state index is 4.97. The molecule has 52 valence electrons. The molecule has 0 aliphatic carbocycles. The molecule has 0 aliphatic rings. The van der Waals surface area contributed by atoms with E-state index >= 15 is 0 Å². The van der Waals surface area contributed by atoms with Crippen LogP contribution in [0.5, 0.6) is 0 Å². The van der Waals surface area contributed by atoms with Crippen LogP contribution in [0.25, 0.3) is 11.0 Å². The van der Waals surface area contributed by atoms with Gasteiger partial charge in [0.1, 0.15) is 0 Å². The Morgan fingerprint density at radius 1 is 1.18 bits per heavy atom. The van der Waals surface area contributed by atoms with E-state index < -0.39 is 0 Å². The quantitative estimate of drug-likeness (QED) is 0.595. The summed E-state index contributed by atoms with van der Waals surface area (Å²) in [5.41, 5.74) is 2.33. The van der Waals surface area contributed by atoms with E-state index in [4.69, 9.17) is 4.42 Å². The van der Waals surface area contributed by atoms with Gasteiger partial charge in [0.15, 0.2) is 0 Å². The predicted octanol–water partition coefficient (Wildman–Crippen LogP) is 2.28. The molecule has 0 atom stereocenters. The van der Waals surface area contributed by atoms with Gasteiger partial charge >= 0.3 is 65.1 Å². The molecule has 0 radical (unpaired) electrons. The van der Waals surface area contributed by atoms with Crippen LogP contribution >= 0.6 is 0 Å². The van der Waals surface area contributed by atoms with Crippen molar-refractivity contribution >= 4 is 6.91 Å². The first-order chi connectivity index (χ1) is 5.47. The number of rotatable bonds is 1. The second-order valence-corrected chi connectivity index (χ2v) is 2.38. The molecule has 0 bridgehead atoms. The molecule has 2 heterocycles. The summed E-state index contributed by atoms with van der Waals surface area (Å²) in [7, 11) is 0. The fraction of sp³-hybridized carbons (Fsp3) is 0. The fourth-order valence-corrected chi connectivity index (χ4v) is 1.06. The molecule has 0 saturated carbocycles. The van der Waals surface area contributed by atoms with Gasteiger partial charge in [-0.3, -0.25) is 0 Å². The van der Waals surface area contributed by atoms with Gasteiger partial charge < -0.3 is 0 Å². The summed E-state index contributed by atoms with van der Waals surface area (Å²) < 4.78 is 4.97. The van der Waals surface area contributed by atoms with Crippen LogP contribution in [0, 0.1) is 0 Å². The van der Waals surface area contributed by atoms with Crippen LogP contribution in [0.1, 0.15) is 0 Å². The molecule has 0 fully saturated rings. The zero-order valence-electron chi connectivity index (χ0n) is 6.03. The summed E-state index contributed by atoms with van der Waals surface area (Å²) in [6.45, 7) is 2.06. The van der Waals surface area contributed by atoms with Crippen molar-refractivity contribution in [1.29, 1.82) is 0 Å². The molecule has 2 heteroatoms. The van der Waals surface area contributed by atoms with Crippen LogP contribution in [-0.4, -0.2) is 6.91 Å². The first-order valence-corrected chi connectivity index (χ1v) is 3.54. The van der Waals surface area contributed by atoms with Gasteiger partial charge in [-0.2, -0.15) is 0 Å². The molecule has 2 aromatic rings. The third-order valence-electron chi connectivity index (χ3n) is 1.63. The Kier molecular flexibility index (Phi) is 1.60. The topological polar surface area (TPSA) is 13.1 Å². The molecule has 11 heavy (non-hydrogen) atoms. The number of furan rings is 1.